The number of aromatic nitrogens is 2. The van der Waals surface area contributed by atoms with Crippen LogP contribution in [0.1, 0.15) is 31.8 Å². The Bertz CT molecular complexity index is 475. The summed E-state index contributed by atoms with van der Waals surface area (Å²) in [5.41, 5.74) is 1.75. The molecular formula is C12H16N4O. The molecule has 2 rings (SSSR count). The van der Waals surface area contributed by atoms with Crippen molar-refractivity contribution >= 4 is 17.4 Å². The number of nitrogens with zero attached hydrogens (tertiary/aromatic N) is 4. The van der Waals surface area contributed by atoms with E-state index in [2.05, 4.69) is 15.1 Å². The van der Waals surface area contributed by atoms with Crippen LogP contribution in [0.2, 0.25) is 0 Å². The van der Waals surface area contributed by atoms with Crippen molar-refractivity contribution in [2.75, 3.05) is 5.01 Å². The van der Waals surface area contributed by atoms with Gasteiger partial charge in [0.1, 0.15) is 5.82 Å². The van der Waals surface area contributed by atoms with Crippen molar-refractivity contribution in [3.63, 3.8) is 0 Å². The summed E-state index contributed by atoms with van der Waals surface area (Å²) in [4.78, 5) is 20.5. The number of rotatable bonds is 2. The highest BCUT2D eigenvalue weighted by molar-refractivity contribution is 6.14. The normalized spacial score (nSPS) is 19.8. The van der Waals surface area contributed by atoms with E-state index < -0.39 is 0 Å². The van der Waals surface area contributed by atoms with Crippen LogP contribution in [0.4, 0.5) is 5.82 Å². The Morgan fingerprint density at radius 3 is 2.59 bits per heavy atom. The first-order valence-corrected chi connectivity index (χ1v) is 5.76. The Labute approximate surface area is 101 Å². The highest BCUT2D eigenvalue weighted by Crippen LogP contribution is 2.23. The van der Waals surface area contributed by atoms with Crippen molar-refractivity contribution in [3.05, 3.63) is 17.6 Å². The molecule has 0 N–H and O–H groups in total. The topological polar surface area (TPSA) is 58.5 Å². The number of aryl methyl sites for hydroxylation is 2. The zero-order chi connectivity index (χ0) is 12.6. The number of carbonyl (C=O) groups excluding carboxylic acids is 1. The molecule has 0 aliphatic carbocycles. The maximum absolute atomic E-state index is 12.0. The van der Waals surface area contributed by atoms with Crippen LogP contribution in [-0.2, 0) is 4.79 Å². The monoisotopic (exact) mass is 232 g/mol. The second kappa shape index (κ2) is 4.24. The van der Waals surface area contributed by atoms with Crippen LogP contribution >= 0.6 is 0 Å². The molecule has 1 amide bonds. The largest absolute Gasteiger partial charge is 0.272 e. The summed E-state index contributed by atoms with van der Waals surface area (Å²) in [6, 6.07) is 1.78. The van der Waals surface area contributed by atoms with Gasteiger partial charge in [0, 0.05) is 11.8 Å². The Morgan fingerprint density at radius 2 is 2.06 bits per heavy atom. The molecule has 1 aliphatic heterocycles. The van der Waals surface area contributed by atoms with E-state index in [0.717, 1.165) is 17.8 Å². The predicted molar refractivity (Wildman–Crippen MR) is 65.9 cm³/mol. The molecule has 0 saturated heterocycles. The lowest BCUT2D eigenvalue weighted by atomic mass is 10.0. The lowest BCUT2D eigenvalue weighted by Crippen LogP contribution is -2.26. The van der Waals surface area contributed by atoms with Crippen LogP contribution in [-0.4, -0.2) is 21.6 Å². The first-order chi connectivity index (χ1) is 8.02. The summed E-state index contributed by atoms with van der Waals surface area (Å²) in [6.07, 6.45) is 0.784. The summed E-state index contributed by atoms with van der Waals surface area (Å²) in [7, 11) is 0. The van der Waals surface area contributed by atoms with Crippen molar-refractivity contribution in [1.82, 2.24) is 9.97 Å². The van der Waals surface area contributed by atoms with Gasteiger partial charge in [0.2, 0.25) is 0 Å². The number of hydrazone groups is 1. The molecule has 0 spiro atoms. The fraction of sp³-hybridized carbons (Fsp3) is 0.500. The van der Waals surface area contributed by atoms with E-state index in [0.29, 0.717) is 11.6 Å². The molecule has 2 heterocycles. The third-order valence-corrected chi connectivity index (χ3v) is 2.84. The summed E-state index contributed by atoms with van der Waals surface area (Å²) in [5, 5.41) is 5.73. The fourth-order valence-corrected chi connectivity index (χ4v) is 1.94. The van der Waals surface area contributed by atoms with E-state index in [9.17, 15) is 4.79 Å². The van der Waals surface area contributed by atoms with Gasteiger partial charge in [0.05, 0.1) is 11.6 Å². The standard InChI is InChI=1S/C12H16N4O/c1-5-10-8(3)12(17)16(15-10)11-6-7(2)13-9(4)14-11/h6,8H,5H2,1-4H3. The Kier molecular flexibility index (Phi) is 2.92. The molecule has 1 unspecified atom stereocenters. The number of carbonyl (C=O) groups is 1. The van der Waals surface area contributed by atoms with Crippen LogP contribution in [0, 0.1) is 19.8 Å². The number of anilines is 1. The van der Waals surface area contributed by atoms with E-state index in [1.807, 2.05) is 27.7 Å². The number of hydrogen-bond acceptors (Lipinski definition) is 4. The SMILES string of the molecule is CCC1=NN(c2cc(C)nc(C)n2)C(=O)C1C. The summed E-state index contributed by atoms with van der Waals surface area (Å²) < 4.78 is 0. The van der Waals surface area contributed by atoms with Crippen molar-refractivity contribution in [2.24, 2.45) is 11.0 Å². The molecule has 0 fully saturated rings. The van der Waals surface area contributed by atoms with Gasteiger partial charge >= 0.3 is 0 Å². The third kappa shape index (κ3) is 2.05. The van der Waals surface area contributed by atoms with Gasteiger partial charge in [-0.25, -0.2) is 9.97 Å². The Balaban J connectivity index is 2.41. The van der Waals surface area contributed by atoms with Crippen molar-refractivity contribution in [2.45, 2.75) is 34.1 Å². The van der Waals surface area contributed by atoms with E-state index in [-0.39, 0.29) is 11.8 Å². The van der Waals surface area contributed by atoms with Gasteiger partial charge in [0.25, 0.3) is 5.91 Å². The quantitative estimate of drug-likeness (QED) is 0.781. The van der Waals surface area contributed by atoms with Crippen molar-refractivity contribution in [1.29, 1.82) is 0 Å². The van der Waals surface area contributed by atoms with E-state index >= 15 is 0 Å². The minimum absolute atomic E-state index is 0.0145. The van der Waals surface area contributed by atoms with Gasteiger partial charge < -0.3 is 0 Å². The maximum Gasteiger partial charge on any atom is 0.257 e. The first-order valence-electron chi connectivity index (χ1n) is 5.76. The van der Waals surface area contributed by atoms with Gasteiger partial charge in [0.15, 0.2) is 5.82 Å². The Morgan fingerprint density at radius 1 is 1.35 bits per heavy atom. The van der Waals surface area contributed by atoms with Crippen LogP contribution in [0.15, 0.2) is 11.2 Å². The molecule has 1 aliphatic rings. The molecule has 0 saturated carbocycles. The molecule has 0 aromatic carbocycles. The average Bonchev–Trinajstić information content (AvgIpc) is 2.54. The van der Waals surface area contributed by atoms with Gasteiger partial charge in [-0.3, -0.25) is 4.79 Å². The van der Waals surface area contributed by atoms with Crippen LogP contribution in [0.5, 0.6) is 0 Å². The molecule has 1 aromatic rings. The predicted octanol–water partition coefficient (Wildman–Crippen LogP) is 1.84. The van der Waals surface area contributed by atoms with E-state index in [1.165, 1.54) is 5.01 Å². The number of amides is 1. The molecule has 5 heteroatoms. The van der Waals surface area contributed by atoms with Crippen LogP contribution < -0.4 is 5.01 Å². The van der Waals surface area contributed by atoms with Gasteiger partial charge in [-0.1, -0.05) is 6.92 Å². The summed E-state index contributed by atoms with van der Waals surface area (Å²) >= 11 is 0. The lowest BCUT2D eigenvalue weighted by molar-refractivity contribution is -0.119. The minimum Gasteiger partial charge on any atom is -0.272 e. The van der Waals surface area contributed by atoms with E-state index in [4.69, 9.17) is 0 Å². The van der Waals surface area contributed by atoms with Crippen molar-refractivity contribution < 1.29 is 4.79 Å². The molecule has 1 aromatic heterocycles. The molecular weight excluding hydrogens is 216 g/mol. The van der Waals surface area contributed by atoms with Gasteiger partial charge in [-0.2, -0.15) is 10.1 Å². The zero-order valence-corrected chi connectivity index (χ0v) is 10.6. The average molecular weight is 232 g/mol. The molecule has 17 heavy (non-hydrogen) atoms. The molecule has 5 nitrogen and oxygen atoms in total. The molecule has 0 bridgehead atoms. The third-order valence-electron chi connectivity index (χ3n) is 2.84. The maximum atomic E-state index is 12.0. The molecule has 90 valence electrons. The molecule has 0 radical (unpaired) electrons. The molecule has 1 atom stereocenters. The van der Waals surface area contributed by atoms with Gasteiger partial charge in [-0.15, -0.1) is 0 Å². The summed E-state index contributed by atoms with van der Waals surface area (Å²) in [5.74, 6) is 1.06. The zero-order valence-electron chi connectivity index (χ0n) is 10.6. The summed E-state index contributed by atoms with van der Waals surface area (Å²) in [6.45, 7) is 7.58. The van der Waals surface area contributed by atoms with E-state index in [1.54, 1.807) is 6.07 Å². The Hall–Kier alpha value is -1.78. The highest BCUT2D eigenvalue weighted by Gasteiger charge is 2.32. The second-order valence-electron chi connectivity index (χ2n) is 4.23. The van der Waals surface area contributed by atoms with Crippen molar-refractivity contribution in [3.8, 4) is 0 Å². The highest BCUT2D eigenvalue weighted by atomic mass is 16.2. The van der Waals surface area contributed by atoms with Gasteiger partial charge in [-0.05, 0) is 27.2 Å². The fourth-order valence-electron chi connectivity index (χ4n) is 1.94. The first kappa shape index (κ1) is 11.7. The van der Waals surface area contributed by atoms with Crippen LogP contribution in [0.3, 0.4) is 0 Å². The lowest BCUT2D eigenvalue weighted by Gasteiger charge is -2.12. The minimum atomic E-state index is -0.143. The smallest absolute Gasteiger partial charge is 0.257 e. The van der Waals surface area contributed by atoms with Crippen LogP contribution in [0.25, 0.3) is 0 Å². The number of hydrogen-bond donors (Lipinski definition) is 0. The second-order valence-corrected chi connectivity index (χ2v) is 4.23.